The first-order valence-corrected chi connectivity index (χ1v) is 4.59. The van der Waals surface area contributed by atoms with Crippen molar-refractivity contribution in [1.29, 1.82) is 0 Å². The van der Waals surface area contributed by atoms with E-state index < -0.39 is 18.1 Å². The number of ether oxygens (including phenoxy) is 2. The molecule has 1 rings (SSSR count). The van der Waals surface area contributed by atoms with Crippen molar-refractivity contribution >= 4 is 5.97 Å². The van der Waals surface area contributed by atoms with Gasteiger partial charge < -0.3 is 14.6 Å². The maximum absolute atomic E-state index is 12.1. The van der Waals surface area contributed by atoms with E-state index in [1.165, 1.54) is 0 Å². The molecule has 0 aliphatic heterocycles. The van der Waals surface area contributed by atoms with Crippen molar-refractivity contribution < 1.29 is 32.5 Å². The number of halogens is 3. The lowest BCUT2D eigenvalue weighted by atomic mass is 10.2. The van der Waals surface area contributed by atoms with Gasteiger partial charge in [0.2, 0.25) is 0 Å². The lowest BCUT2D eigenvalue weighted by molar-refractivity contribution is -0.275. The van der Waals surface area contributed by atoms with Crippen molar-refractivity contribution in [2.45, 2.75) is 13.3 Å². The van der Waals surface area contributed by atoms with Crippen LogP contribution < -0.4 is 9.47 Å². The Labute approximate surface area is 94.6 Å². The molecule has 94 valence electrons. The molecule has 0 aliphatic carbocycles. The van der Waals surface area contributed by atoms with Crippen molar-refractivity contribution in [3.8, 4) is 11.5 Å². The Bertz CT molecular complexity index is 415. The highest BCUT2D eigenvalue weighted by Gasteiger charge is 2.32. The van der Waals surface area contributed by atoms with Crippen LogP contribution in [0.3, 0.4) is 0 Å². The van der Waals surface area contributed by atoms with Crippen LogP contribution in [0.15, 0.2) is 18.2 Å². The van der Waals surface area contributed by atoms with E-state index in [4.69, 9.17) is 9.84 Å². The minimum atomic E-state index is -4.90. The Morgan fingerprint density at radius 1 is 1.35 bits per heavy atom. The first-order valence-electron chi connectivity index (χ1n) is 4.59. The Morgan fingerprint density at radius 3 is 2.47 bits per heavy atom. The largest absolute Gasteiger partial charge is 0.573 e. The van der Waals surface area contributed by atoms with Gasteiger partial charge in [0.05, 0.1) is 12.2 Å². The van der Waals surface area contributed by atoms with Crippen molar-refractivity contribution in [3.05, 3.63) is 23.8 Å². The van der Waals surface area contributed by atoms with Crippen LogP contribution >= 0.6 is 0 Å². The van der Waals surface area contributed by atoms with E-state index in [1.807, 2.05) is 0 Å². The highest BCUT2D eigenvalue weighted by atomic mass is 19.4. The third-order valence-corrected chi connectivity index (χ3v) is 1.72. The van der Waals surface area contributed by atoms with Gasteiger partial charge >= 0.3 is 12.3 Å². The summed E-state index contributed by atoms with van der Waals surface area (Å²) in [7, 11) is 0. The molecule has 0 aliphatic rings. The molecular formula is C10H9F3O4. The van der Waals surface area contributed by atoms with Gasteiger partial charge in [-0.25, -0.2) is 4.79 Å². The first-order chi connectivity index (χ1) is 7.83. The van der Waals surface area contributed by atoms with Gasteiger partial charge in [0, 0.05) is 0 Å². The number of carboxylic acids is 1. The summed E-state index contributed by atoms with van der Waals surface area (Å²) in [5.74, 6) is -2.17. The molecule has 0 bridgehead atoms. The molecule has 1 aromatic rings. The summed E-state index contributed by atoms with van der Waals surface area (Å²) in [5.41, 5.74) is -0.312. The molecule has 1 aromatic carbocycles. The molecule has 7 heteroatoms. The fraction of sp³-hybridized carbons (Fsp3) is 0.300. The number of carbonyl (C=O) groups is 1. The fourth-order valence-corrected chi connectivity index (χ4v) is 1.12. The fourth-order valence-electron chi connectivity index (χ4n) is 1.12. The van der Waals surface area contributed by atoms with Gasteiger partial charge in [-0.3, -0.25) is 0 Å². The van der Waals surface area contributed by atoms with Crippen molar-refractivity contribution in [1.82, 2.24) is 0 Å². The van der Waals surface area contributed by atoms with E-state index in [9.17, 15) is 18.0 Å². The van der Waals surface area contributed by atoms with Crippen LogP contribution in [0.1, 0.15) is 17.3 Å². The Morgan fingerprint density at radius 2 is 2.00 bits per heavy atom. The van der Waals surface area contributed by atoms with Gasteiger partial charge in [-0.2, -0.15) is 0 Å². The van der Waals surface area contributed by atoms with Gasteiger partial charge in [-0.15, -0.1) is 13.2 Å². The van der Waals surface area contributed by atoms with Gasteiger partial charge in [0.15, 0.2) is 11.5 Å². The molecule has 1 N–H and O–H groups in total. The second-order valence-electron chi connectivity index (χ2n) is 2.95. The second-order valence-corrected chi connectivity index (χ2v) is 2.95. The van der Waals surface area contributed by atoms with Crippen LogP contribution in [0, 0.1) is 0 Å². The minimum absolute atomic E-state index is 0.140. The summed E-state index contributed by atoms with van der Waals surface area (Å²) >= 11 is 0. The molecule has 0 heterocycles. The highest BCUT2D eigenvalue weighted by molar-refractivity contribution is 5.88. The van der Waals surface area contributed by atoms with E-state index in [-0.39, 0.29) is 17.9 Å². The van der Waals surface area contributed by atoms with E-state index in [0.717, 1.165) is 18.2 Å². The molecule has 4 nitrogen and oxygen atoms in total. The average Bonchev–Trinajstić information content (AvgIpc) is 2.18. The van der Waals surface area contributed by atoms with Crippen LogP contribution in [-0.2, 0) is 0 Å². The standard InChI is InChI=1S/C10H9F3O4/c1-2-16-7-4-3-6(9(14)15)5-8(7)17-10(11,12)13/h3-5H,2H2,1H3,(H,14,15). The molecule has 0 amide bonds. The van der Waals surface area contributed by atoms with E-state index >= 15 is 0 Å². The molecule has 0 saturated heterocycles. The number of hydrogen-bond donors (Lipinski definition) is 1. The van der Waals surface area contributed by atoms with Gasteiger partial charge in [-0.05, 0) is 25.1 Å². The SMILES string of the molecule is CCOc1ccc(C(=O)O)cc1OC(F)(F)F. The summed E-state index contributed by atoms with van der Waals surface area (Å²) in [6, 6.07) is 3.02. The summed E-state index contributed by atoms with van der Waals surface area (Å²) in [5, 5.41) is 8.65. The number of benzene rings is 1. The van der Waals surface area contributed by atoms with E-state index in [2.05, 4.69) is 4.74 Å². The minimum Gasteiger partial charge on any atom is -0.490 e. The van der Waals surface area contributed by atoms with Crippen LogP contribution in [0.2, 0.25) is 0 Å². The van der Waals surface area contributed by atoms with Crippen LogP contribution in [0.5, 0.6) is 11.5 Å². The zero-order valence-electron chi connectivity index (χ0n) is 8.75. The third kappa shape index (κ3) is 3.86. The molecule has 0 unspecified atom stereocenters. The summed E-state index contributed by atoms with van der Waals surface area (Å²) < 4.78 is 44.8. The van der Waals surface area contributed by atoms with Crippen molar-refractivity contribution in [2.75, 3.05) is 6.61 Å². The zero-order valence-corrected chi connectivity index (χ0v) is 8.75. The lowest BCUT2D eigenvalue weighted by Gasteiger charge is -2.13. The predicted molar refractivity (Wildman–Crippen MR) is 51.3 cm³/mol. The second kappa shape index (κ2) is 4.94. The van der Waals surface area contributed by atoms with Crippen LogP contribution in [0.4, 0.5) is 13.2 Å². The number of alkyl halides is 3. The zero-order chi connectivity index (χ0) is 13.1. The van der Waals surface area contributed by atoms with Crippen molar-refractivity contribution in [3.63, 3.8) is 0 Å². The molecule has 0 radical (unpaired) electrons. The Balaban J connectivity index is 3.11. The summed E-state index contributed by atoms with van der Waals surface area (Å²) in [6.45, 7) is 1.73. The average molecular weight is 250 g/mol. The first kappa shape index (κ1) is 13.1. The monoisotopic (exact) mass is 250 g/mol. The molecule has 0 spiro atoms. The topological polar surface area (TPSA) is 55.8 Å². The Kier molecular flexibility index (Phi) is 3.82. The van der Waals surface area contributed by atoms with Gasteiger partial charge in [0.25, 0.3) is 0 Å². The number of hydrogen-bond acceptors (Lipinski definition) is 3. The Hall–Kier alpha value is -1.92. The quantitative estimate of drug-likeness (QED) is 0.892. The highest BCUT2D eigenvalue weighted by Crippen LogP contribution is 2.33. The lowest BCUT2D eigenvalue weighted by Crippen LogP contribution is -2.18. The maximum Gasteiger partial charge on any atom is 0.573 e. The van der Waals surface area contributed by atoms with Crippen LogP contribution in [-0.4, -0.2) is 24.0 Å². The van der Waals surface area contributed by atoms with Gasteiger partial charge in [-0.1, -0.05) is 0 Å². The number of rotatable bonds is 4. The third-order valence-electron chi connectivity index (χ3n) is 1.72. The van der Waals surface area contributed by atoms with E-state index in [0.29, 0.717) is 0 Å². The molecule has 0 saturated carbocycles. The smallest absolute Gasteiger partial charge is 0.490 e. The number of aromatic carboxylic acids is 1. The van der Waals surface area contributed by atoms with Crippen molar-refractivity contribution in [2.24, 2.45) is 0 Å². The summed E-state index contributed by atoms with van der Waals surface area (Å²) in [6.07, 6.45) is -4.90. The molecule has 0 fully saturated rings. The number of carboxylic acid groups (broad SMARTS) is 1. The molecule has 0 atom stereocenters. The molecular weight excluding hydrogens is 241 g/mol. The maximum atomic E-state index is 12.1. The molecule has 0 aromatic heterocycles. The van der Waals surface area contributed by atoms with Crippen LogP contribution in [0.25, 0.3) is 0 Å². The predicted octanol–water partition coefficient (Wildman–Crippen LogP) is 2.68. The summed E-state index contributed by atoms with van der Waals surface area (Å²) in [4.78, 5) is 10.6. The van der Waals surface area contributed by atoms with Gasteiger partial charge in [0.1, 0.15) is 0 Å². The molecule has 17 heavy (non-hydrogen) atoms. The van der Waals surface area contributed by atoms with E-state index in [1.54, 1.807) is 6.92 Å². The normalized spacial score (nSPS) is 11.1.